The molecule has 1 aromatic rings. The average Bonchev–Trinajstić information content (AvgIpc) is 2.65. The Morgan fingerprint density at radius 3 is 2.80 bits per heavy atom. The van der Waals surface area contributed by atoms with Gasteiger partial charge in [0.05, 0.1) is 13.2 Å². The molecule has 1 saturated heterocycles. The second-order valence-electron chi connectivity index (χ2n) is 3.89. The molecule has 1 amide bonds. The number of amides is 1. The lowest BCUT2D eigenvalue weighted by molar-refractivity contribution is -0.119. The molecule has 0 aromatic heterocycles. The molecule has 80 valence electrons. The monoisotopic (exact) mass is 205 g/mol. The van der Waals surface area contributed by atoms with Gasteiger partial charge in [0.1, 0.15) is 5.75 Å². The molecule has 0 spiro atoms. The van der Waals surface area contributed by atoms with Gasteiger partial charge in [-0.15, -0.1) is 0 Å². The van der Waals surface area contributed by atoms with E-state index >= 15 is 0 Å². The van der Waals surface area contributed by atoms with Gasteiger partial charge in [-0.3, -0.25) is 4.79 Å². The Balaban J connectivity index is 2.22. The molecule has 1 aliphatic heterocycles. The summed E-state index contributed by atoms with van der Waals surface area (Å²) in [6.07, 6.45) is 1.53. The second kappa shape index (κ2) is 3.93. The minimum Gasteiger partial charge on any atom is -0.496 e. The molecule has 1 fully saturated rings. The van der Waals surface area contributed by atoms with E-state index in [2.05, 4.69) is 11.4 Å². The van der Waals surface area contributed by atoms with Gasteiger partial charge in [0, 0.05) is 6.42 Å². The van der Waals surface area contributed by atoms with Gasteiger partial charge in [-0.1, -0.05) is 12.1 Å². The fraction of sp³-hybridized carbons (Fsp3) is 0.417. The Morgan fingerprint density at radius 2 is 2.27 bits per heavy atom. The second-order valence-corrected chi connectivity index (χ2v) is 3.89. The zero-order chi connectivity index (χ0) is 10.8. The first-order valence-electron chi connectivity index (χ1n) is 5.14. The van der Waals surface area contributed by atoms with Gasteiger partial charge in [-0.05, 0) is 30.5 Å². The zero-order valence-corrected chi connectivity index (χ0v) is 9.04. The van der Waals surface area contributed by atoms with Crippen molar-refractivity contribution >= 4 is 5.91 Å². The van der Waals surface area contributed by atoms with Crippen LogP contribution in [0.2, 0.25) is 0 Å². The standard InChI is InChI=1S/C12H15NO2/c1-8-7-9(3-5-11(8)15-2)10-4-6-12(14)13-10/h3,5,7,10H,4,6H2,1-2H3,(H,13,14)/t10-/m0/s1. The van der Waals surface area contributed by atoms with Crippen molar-refractivity contribution < 1.29 is 9.53 Å². The van der Waals surface area contributed by atoms with Crippen molar-refractivity contribution in [3.63, 3.8) is 0 Å². The predicted molar refractivity (Wildman–Crippen MR) is 57.8 cm³/mol. The Kier molecular flexibility index (Phi) is 2.62. The quantitative estimate of drug-likeness (QED) is 0.801. The highest BCUT2D eigenvalue weighted by atomic mass is 16.5. The Hall–Kier alpha value is -1.51. The molecule has 0 aliphatic carbocycles. The molecular formula is C12H15NO2. The molecule has 0 bridgehead atoms. The first-order valence-corrected chi connectivity index (χ1v) is 5.14. The summed E-state index contributed by atoms with van der Waals surface area (Å²) in [6.45, 7) is 2.01. The normalized spacial score (nSPS) is 20.1. The fourth-order valence-corrected chi connectivity index (χ4v) is 1.98. The van der Waals surface area contributed by atoms with Gasteiger partial charge in [-0.25, -0.2) is 0 Å². The lowest BCUT2D eigenvalue weighted by Crippen LogP contribution is -2.18. The van der Waals surface area contributed by atoms with Crippen LogP contribution in [0.1, 0.15) is 30.0 Å². The largest absolute Gasteiger partial charge is 0.496 e. The highest BCUT2D eigenvalue weighted by molar-refractivity contribution is 5.78. The predicted octanol–water partition coefficient (Wildman–Crippen LogP) is 1.95. The van der Waals surface area contributed by atoms with Crippen LogP contribution in [0.5, 0.6) is 5.75 Å². The first kappa shape index (κ1) is 10.0. The van der Waals surface area contributed by atoms with Gasteiger partial charge in [-0.2, -0.15) is 0 Å². The molecule has 0 unspecified atom stereocenters. The van der Waals surface area contributed by atoms with Crippen molar-refractivity contribution in [1.29, 1.82) is 0 Å². The van der Waals surface area contributed by atoms with Crippen LogP contribution in [0.3, 0.4) is 0 Å². The summed E-state index contributed by atoms with van der Waals surface area (Å²) < 4.78 is 5.20. The van der Waals surface area contributed by atoms with Crippen molar-refractivity contribution in [1.82, 2.24) is 5.32 Å². The van der Waals surface area contributed by atoms with Gasteiger partial charge in [0.15, 0.2) is 0 Å². The molecule has 1 aromatic carbocycles. The number of benzene rings is 1. The van der Waals surface area contributed by atoms with E-state index in [4.69, 9.17) is 4.74 Å². The molecule has 1 atom stereocenters. The van der Waals surface area contributed by atoms with Crippen LogP contribution in [0.25, 0.3) is 0 Å². The summed E-state index contributed by atoms with van der Waals surface area (Å²) in [5.74, 6) is 1.04. The van der Waals surface area contributed by atoms with Crippen LogP contribution in [0, 0.1) is 6.92 Å². The van der Waals surface area contributed by atoms with E-state index in [1.165, 1.54) is 5.56 Å². The summed E-state index contributed by atoms with van der Waals surface area (Å²) in [7, 11) is 1.67. The molecule has 2 rings (SSSR count). The van der Waals surface area contributed by atoms with Gasteiger partial charge >= 0.3 is 0 Å². The molecule has 1 aliphatic rings. The number of nitrogens with one attached hydrogen (secondary N) is 1. The van der Waals surface area contributed by atoms with E-state index in [0.29, 0.717) is 6.42 Å². The van der Waals surface area contributed by atoms with Gasteiger partial charge < -0.3 is 10.1 Å². The number of aryl methyl sites for hydroxylation is 1. The van der Waals surface area contributed by atoms with Crippen LogP contribution in [-0.4, -0.2) is 13.0 Å². The highest BCUT2D eigenvalue weighted by Crippen LogP contribution is 2.27. The molecule has 3 heteroatoms. The van der Waals surface area contributed by atoms with Crippen LogP contribution >= 0.6 is 0 Å². The molecule has 3 nitrogen and oxygen atoms in total. The lowest BCUT2D eigenvalue weighted by atomic mass is 10.0. The number of hydrogen-bond acceptors (Lipinski definition) is 2. The number of carbonyl (C=O) groups is 1. The summed E-state index contributed by atoms with van der Waals surface area (Å²) in [4.78, 5) is 11.1. The third kappa shape index (κ3) is 1.96. The van der Waals surface area contributed by atoms with E-state index in [0.717, 1.165) is 17.7 Å². The van der Waals surface area contributed by atoms with E-state index in [-0.39, 0.29) is 11.9 Å². The number of hydrogen-bond donors (Lipinski definition) is 1. The first-order chi connectivity index (χ1) is 7.20. The Bertz CT molecular complexity index is 387. The van der Waals surface area contributed by atoms with E-state index in [1.807, 2.05) is 19.1 Å². The molecule has 1 heterocycles. The maximum atomic E-state index is 11.1. The molecule has 0 radical (unpaired) electrons. The minimum absolute atomic E-state index is 0.147. The van der Waals surface area contributed by atoms with Crippen molar-refractivity contribution in [3.8, 4) is 5.75 Å². The van der Waals surface area contributed by atoms with E-state index in [9.17, 15) is 4.79 Å². The molecule has 0 saturated carbocycles. The van der Waals surface area contributed by atoms with Crippen molar-refractivity contribution in [3.05, 3.63) is 29.3 Å². The topological polar surface area (TPSA) is 38.3 Å². The number of ether oxygens (including phenoxy) is 1. The maximum Gasteiger partial charge on any atom is 0.220 e. The third-order valence-corrected chi connectivity index (χ3v) is 2.82. The SMILES string of the molecule is COc1ccc([C@@H]2CCC(=O)N2)cc1C. The smallest absolute Gasteiger partial charge is 0.220 e. The highest BCUT2D eigenvalue weighted by Gasteiger charge is 2.22. The summed E-state index contributed by atoms with van der Waals surface area (Å²) in [5.41, 5.74) is 2.27. The molecule has 15 heavy (non-hydrogen) atoms. The number of rotatable bonds is 2. The zero-order valence-electron chi connectivity index (χ0n) is 9.04. The minimum atomic E-state index is 0.147. The molecule has 1 N–H and O–H groups in total. The summed E-state index contributed by atoms with van der Waals surface area (Å²) >= 11 is 0. The van der Waals surface area contributed by atoms with Crippen LogP contribution in [0.15, 0.2) is 18.2 Å². The van der Waals surface area contributed by atoms with Crippen molar-refractivity contribution in [2.75, 3.05) is 7.11 Å². The van der Waals surface area contributed by atoms with Crippen molar-refractivity contribution in [2.45, 2.75) is 25.8 Å². The number of methoxy groups -OCH3 is 1. The van der Waals surface area contributed by atoms with E-state index < -0.39 is 0 Å². The third-order valence-electron chi connectivity index (χ3n) is 2.82. The van der Waals surface area contributed by atoms with Crippen molar-refractivity contribution in [2.24, 2.45) is 0 Å². The Morgan fingerprint density at radius 1 is 1.47 bits per heavy atom. The maximum absolute atomic E-state index is 11.1. The van der Waals surface area contributed by atoms with Gasteiger partial charge in [0.25, 0.3) is 0 Å². The summed E-state index contributed by atoms with van der Waals surface area (Å²) in [6, 6.07) is 6.23. The lowest BCUT2D eigenvalue weighted by Gasteiger charge is -2.12. The van der Waals surface area contributed by atoms with E-state index in [1.54, 1.807) is 7.11 Å². The fourth-order valence-electron chi connectivity index (χ4n) is 1.98. The summed E-state index contributed by atoms with van der Waals surface area (Å²) in [5, 5.41) is 2.96. The van der Waals surface area contributed by atoms with Crippen LogP contribution < -0.4 is 10.1 Å². The Labute approximate surface area is 89.4 Å². The molecular weight excluding hydrogens is 190 g/mol. The van der Waals surface area contributed by atoms with Crippen LogP contribution in [0.4, 0.5) is 0 Å². The van der Waals surface area contributed by atoms with Crippen LogP contribution in [-0.2, 0) is 4.79 Å². The number of carbonyl (C=O) groups excluding carboxylic acids is 1. The van der Waals surface area contributed by atoms with Gasteiger partial charge in [0.2, 0.25) is 5.91 Å². The average molecular weight is 205 g/mol.